The van der Waals surface area contributed by atoms with E-state index in [9.17, 15) is 36.3 Å². The van der Waals surface area contributed by atoms with Gasteiger partial charge in [-0.2, -0.15) is 13.2 Å². The molecule has 41 heavy (non-hydrogen) atoms. The third-order valence-corrected chi connectivity index (χ3v) is 8.31. The van der Waals surface area contributed by atoms with Gasteiger partial charge in [-0.1, -0.05) is 35.3 Å². The van der Waals surface area contributed by atoms with Crippen molar-refractivity contribution in [2.24, 2.45) is 5.92 Å². The highest BCUT2D eigenvalue weighted by Gasteiger charge is 2.67. The molecule has 0 aliphatic heterocycles. The zero-order valence-electron chi connectivity index (χ0n) is 20.8. The molecule has 1 aliphatic carbocycles. The molecule has 1 amide bonds. The van der Waals surface area contributed by atoms with Crippen LogP contribution in [0, 0.1) is 17.6 Å². The molecule has 4 nitrogen and oxygen atoms in total. The molecule has 0 heterocycles. The molecule has 0 bridgehead atoms. The minimum absolute atomic E-state index is 0.0123. The number of amides is 1. The van der Waals surface area contributed by atoms with Crippen molar-refractivity contribution in [1.82, 2.24) is 0 Å². The second-order valence-electron chi connectivity index (χ2n) is 9.53. The topological polar surface area (TPSA) is 63.2 Å². The lowest BCUT2D eigenvalue weighted by Crippen LogP contribution is -2.17. The van der Waals surface area contributed by atoms with Crippen LogP contribution in [-0.2, 0) is 28.6 Å². The van der Waals surface area contributed by atoms with E-state index < -0.39 is 51.2 Å². The second-order valence-corrected chi connectivity index (χ2v) is 11.8. The van der Waals surface area contributed by atoms with Crippen molar-refractivity contribution in [2.45, 2.75) is 36.2 Å². The summed E-state index contributed by atoms with van der Waals surface area (Å²) in [6.45, 7) is 1.27. The van der Waals surface area contributed by atoms with Gasteiger partial charge in [0.05, 0.1) is 21.5 Å². The molecule has 3 aromatic carbocycles. The molecule has 13 heteroatoms. The maximum atomic E-state index is 14.2. The van der Waals surface area contributed by atoms with Crippen LogP contribution in [0.15, 0.2) is 48.5 Å². The van der Waals surface area contributed by atoms with E-state index in [4.69, 9.17) is 46.4 Å². The van der Waals surface area contributed by atoms with Gasteiger partial charge in [-0.15, -0.1) is 23.2 Å². The molecule has 1 saturated carbocycles. The van der Waals surface area contributed by atoms with E-state index in [1.807, 2.05) is 0 Å². The van der Waals surface area contributed by atoms with Crippen molar-refractivity contribution in [3.05, 3.63) is 98.0 Å². The number of hydrogen-bond acceptors (Lipinski definition) is 3. The third-order valence-electron chi connectivity index (χ3n) is 6.57. The van der Waals surface area contributed by atoms with E-state index >= 15 is 0 Å². The van der Waals surface area contributed by atoms with Crippen LogP contribution >= 0.6 is 46.4 Å². The number of carbonyl (C=O) groups is 3. The van der Waals surface area contributed by atoms with Gasteiger partial charge in [0.2, 0.25) is 5.91 Å². The fourth-order valence-corrected chi connectivity index (χ4v) is 5.86. The number of alkyl halides is 5. The van der Waals surface area contributed by atoms with Crippen LogP contribution < -0.4 is 5.32 Å². The van der Waals surface area contributed by atoms with Gasteiger partial charge in [-0.25, -0.2) is 8.78 Å². The zero-order valence-corrected chi connectivity index (χ0v) is 23.8. The molecular formula is C28H18Cl4F5NO3. The molecule has 3 aromatic rings. The van der Waals surface area contributed by atoms with Gasteiger partial charge in [-0.3, -0.25) is 14.4 Å². The van der Waals surface area contributed by atoms with E-state index in [-0.39, 0.29) is 56.6 Å². The van der Waals surface area contributed by atoms with Gasteiger partial charge in [0.1, 0.15) is 21.8 Å². The molecule has 1 unspecified atom stereocenters. The van der Waals surface area contributed by atoms with Crippen LogP contribution in [0.5, 0.6) is 0 Å². The Bertz CT molecular complexity index is 1580. The molecule has 2 atom stereocenters. The lowest BCUT2D eigenvalue weighted by atomic mass is 9.98. The van der Waals surface area contributed by atoms with Gasteiger partial charge in [0.25, 0.3) is 0 Å². The highest BCUT2D eigenvalue weighted by molar-refractivity contribution is 6.53. The molecule has 4 rings (SSSR count). The third kappa shape index (κ3) is 6.53. The molecular weight excluding hydrogens is 635 g/mol. The Morgan fingerprint density at radius 3 is 2.22 bits per heavy atom. The molecule has 216 valence electrons. The second kappa shape index (κ2) is 11.5. The number of nitrogens with one attached hydrogen (secondary N) is 1. The van der Waals surface area contributed by atoms with E-state index in [0.29, 0.717) is 12.1 Å². The number of ketones is 2. The standard InChI is InChI=1S/C28H18Cl4F5NO3/c1-12(39)8-17-20(33)6-3-14(25(17)30)10-22(40)16-11-15(4-5-19(16)29)38-26(41)24-23(27(24,31)32)13-2-7-21(34)18(9-13)28(35,36)37/h2-7,9,11,23-24H,8,10H2,1H3,(H,38,41)/t23-,24?/m0/s1. The Kier molecular flexibility index (Phi) is 8.77. The lowest BCUT2D eigenvalue weighted by Gasteiger charge is -2.12. The normalized spacial score (nSPS) is 17.7. The van der Waals surface area contributed by atoms with Gasteiger partial charge < -0.3 is 5.32 Å². The summed E-state index contributed by atoms with van der Waals surface area (Å²) in [4.78, 5) is 37.6. The summed E-state index contributed by atoms with van der Waals surface area (Å²) in [5.41, 5.74) is -1.27. The van der Waals surface area contributed by atoms with Gasteiger partial charge >= 0.3 is 6.18 Å². The SMILES string of the molecule is CC(=O)Cc1c(F)ccc(CC(=O)c2cc(NC(=O)C3[C@H](c4ccc(F)c(C(F)(F)F)c4)C3(Cl)Cl)ccc2Cl)c1Cl. The first-order valence-corrected chi connectivity index (χ1v) is 13.4. The Morgan fingerprint density at radius 2 is 1.59 bits per heavy atom. The van der Waals surface area contributed by atoms with Crippen molar-refractivity contribution in [3.8, 4) is 0 Å². The van der Waals surface area contributed by atoms with E-state index in [0.717, 1.165) is 12.1 Å². The quantitative estimate of drug-likeness (QED) is 0.151. The van der Waals surface area contributed by atoms with Crippen LogP contribution in [0.2, 0.25) is 10.0 Å². The predicted molar refractivity (Wildman–Crippen MR) is 146 cm³/mol. The minimum Gasteiger partial charge on any atom is -0.326 e. The van der Waals surface area contributed by atoms with Crippen molar-refractivity contribution in [2.75, 3.05) is 5.32 Å². The fraction of sp³-hybridized carbons (Fsp3) is 0.250. The lowest BCUT2D eigenvalue weighted by molar-refractivity contribution is -0.140. The first-order chi connectivity index (χ1) is 19.0. The molecule has 0 spiro atoms. The average molecular weight is 653 g/mol. The summed E-state index contributed by atoms with van der Waals surface area (Å²) in [7, 11) is 0. The summed E-state index contributed by atoms with van der Waals surface area (Å²) in [5.74, 6) is -6.03. The average Bonchev–Trinajstić information content (AvgIpc) is 3.45. The molecule has 1 N–H and O–H groups in total. The predicted octanol–water partition coefficient (Wildman–Crippen LogP) is 8.37. The minimum atomic E-state index is -4.96. The van der Waals surface area contributed by atoms with Gasteiger partial charge in [0, 0.05) is 35.6 Å². The number of rotatable bonds is 8. The number of carbonyl (C=O) groups excluding carboxylic acids is 3. The van der Waals surface area contributed by atoms with E-state index in [1.54, 1.807) is 0 Å². The molecule has 0 aromatic heterocycles. The van der Waals surface area contributed by atoms with Crippen molar-refractivity contribution in [3.63, 3.8) is 0 Å². The Labute approximate surface area is 250 Å². The molecule has 0 saturated heterocycles. The van der Waals surface area contributed by atoms with Crippen molar-refractivity contribution >= 4 is 69.6 Å². The molecule has 1 fully saturated rings. The van der Waals surface area contributed by atoms with Crippen LogP contribution in [0.3, 0.4) is 0 Å². The molecule has 1 aliphatic rings. The number of Topliss-reactive ketones (excluding diaryl/α,β-unsaturated/α-hetero) is 2. The van der Waals surface area contributed by atoms with Crippen molar-refractivity contribution < 1.29 is 36.3 Å². The van der Waals surface area contributed by atoms with Crippen molar-refractivity contribution in [1.29, 1.82) is 0 Å². The van der Waals surface area contributed by atoms with Crippen LogP contribution in [0.4, 0.5) is 27.6 Å². The Morgan fingerprint density at radius 1 is 0.927 bits per heavy atom. The summed E-state index contributed by atoms with van der Waals surface area (Å²) >= 11 is 24.9. The maximum Gasteiger partial charge on any atom is 0.419 e. The Balaban J connectivity index is 1.53. The van der Waals surface area contributed by atoms with Crippen LogP contribution in [-0.4, -0.2) is 21.8 Å². The number of anilines is 1. The van der Waals surface area contributed by atoms with Gasteiger partial charge in [0.15, 0.2) is 5.78 Å². The van der Waals surface area contributed by atoms with Crippen LogP contribution in [0.1, 0.15) is 45.5 Å². The number of benzene rings is 3. The monoisotopic (exact) mass is 651 g/mol. The first-order valence-electron chi connectivity index (χ1n) is 11.9. The van der Waals surface area contributed by atoms with Gasteiger partial charge in [-0.05, 0) is 54.4 Å². The summed E-state index contributed by atoms with van der Waals surface area (Å²) < 4.78 is 65.6. The maximum absolute atomic E-state index is 14.2. The summed E-state index contributed by atoms with van der Waals surface area (Å²) in [6.07, 6.45) is -5.52. The zero-order chi connectivity index (χ0) is 30.4. The highest BCUT2D eigenvalue weighted by Crippen LogP contribution is 2.65. The van der Waals surface area contributed by atoms with Crippen LogP contribution in [0.25, 0.3) is 0 Å². The van der Waals surface area contributed by atoms with E-state index in [1.165, 1.54) is 31.2 Å². The summed E-state index contributed by atoms with van der Waals surface area (Å²) in [5, 5.41) is 2.49. The largest absolute Gasteiger partial charge is 0.419 e. The Hall–Kier alpha value is -2.72. The number of halogens is 9. The smallest absolute Gasteiger partial charge is 0.326 e. The highest BCUT2D eigenvalue weighted by atomic mass is 35.5. The number of hydrogen-bond donors (Lipinski definition) is 1. The first kappa shape index (κ1) is 31.2. The van der Waals surface area contributed by atoms with E-state index in [2.05, 4.69) is 5.32 Å². The summed E-state index contributed by atoms with van der Waals surface area (Å²) in [6, 6.07) is 8.67. The molecule has 0 radical (unpaired) electrons. The fourth-order valence-electron chi connectivity index (χ4n) is 4.52.